The number of carbonyl (C=O) groups excluding carboxylic acids is 1. The van der Waals surface area contributed by atoms with Gasteiger partial charge >= 0.3 is 6.18 Å². The highest BCUT2D eigenvalue weighted by Gasteiger charge is 2.32. The van der Waals surface area contributed by atoms with Crippen LogP contribution in [-0.4, -0.2) is 16.4 Å². The first kappa shape index (κ1) is 15.8. The number of aromatic nitrogens is 1. The quantitative estimate of drug-likeness (QED) is 0.901. The molecule has 1 aliphatic rings. The van der Waals surface area contributed by atoms with Gasteiger partial charge < -0.3 is 11.1 Å². The SMILES string of the molecule is NC1(CC(=O)Nc2ccc(C(F)(F)F)nc2)CCCCC1. The minimum absolute atomic E-state index is 0.175. The third kappa shape index (κ3) is 4.42. The number of amides is 1. The first-order valence-corrected chi connectivity index (χ1v) is 6.91. The summed E-state index contributed by atoms with van der Waals surface area (Å²) in [5.41, 5.74) is 4.93. The van der Waals surface area contributed by atoms with Crippen molar-refractivity contribution in [2.24, 2.45) is 5.73 Å². The molecule has 1 aromatic rings. The van der Waals surface area contributed by atoms with Gasteiger partial charge in [-0.15, -0.1) is 0 Å². The molecule has 1 aromatic heterocycles. The van der Waals surface area contributed by atoms with Crippen molar-refractivity contribution in [3.05, 3.63) is 24.0 Å². The highest BCUT2D eigenvalue weighted by Crippen LogP contribution is 2.30. The minimum atomic E-state index is -4.48. The average molecular weight is 301 g/mol. The largest absolute Gasteiger partial charge is 0.433 e. The maximum Gasteiger partial charge on any atom is 0.433 e. The number of hydrogen-bond donors (Lipinski definition) is 2. The summed E-state index contributed by atoms with van der Waals surface area (Å²) < 4.78 is 37.1. The summed E-state index contributed by atoms with van der Waals surface area (Å²) in [6.45, 7) is 0. The van der Waals surface area contributed by atoms with Crippen molar-refractivity contribution in [3.8, 4) is 0 Å². The van der Waals surface area contributed by atoms with Crippen molar-refractivity contribution >= 4 is 11.6 Å². The van der Waals surface area contributed by atoms with Crippen LogP contribution in [0.2, 0.25) is 0 Å². The Morgan fingerprint density at radius 1 is 1.29 bits per heavy atom. The molecule has 1 aliphatic carbocycles. The molecule has 1 heterocycles. The predicted molar refractivity (Wildman–Crippen MR) is 72.5 cm³/mol. The number of nitrogens with zero attached hydrogens (tertiary/aromatic N) is 1. The van der Waals surface area contributed by atoms with Crippen LogP contribution in [0.5, 0.6) is 0 Å². The number of rotatable bonds is 3. The molecule has 1 amide bonds. The van der Waals surface area contributed by atoms with Gasteiger partial charge in [-0.25, -0.2) is 4.98 Å². The second-order valence-electron chi connectivity index (χ2n) is 5.58. The van der Waals surface area contributed by atoms with Gasteiger partial charge in [0.15, 0.2) is 0 Å². The van der Waals surface area contributed by atoms with E-state index < -0.39 is 17.4 Å². The smallest absolute Gasteiger partial charge is 0.325 e. The molecule has 1 fully saturated rings. The number of carbonyl (C=O) groups is 1. The van der Waals surface area contributed by atoms with Crippen LogP contribution in [0.1, 0.15) is 44.2 Å². The fraction of sp³-hybridized carbons (Fsp3) is 0.571. The van der Waals surface area contributed by atoms with Crippen molar-refractivity contribution in [1.82, 2.24) is 4.98 Å². The summed E-state index contributed by atoms with van der Waals surface area (Å²) in [6.07, 6.45) is 1.43. The number of hydrogen-bond acceptors (Lipinski definition) is 3. The topological polar surface area (TPSA) is 68.0 Å². The fourth-order valence-electron chi connectivity index (χ4n) is 2.59. The standard InChI is InChI=1S/C14H18F3N3O/c15-14(16,17)11-5-4-10(9-19-11)20-12(21)8-13(18)6-2-1-3-7-13/h4-5,9H,1-3,6-8,18H2,(H,20,21). The van der Waals surface area contributed by atoms with Crippen LogP contribution in [0.4, 0.5) is 18.9 Å². The van der Waals surface area contributed by atoms with Gasteiger partial charge in [0.05, 0.1) is 11.9 Å². The van der Waals surface area contributed by atoms with Gasteiger partial charge in [-0.05, 0) is 25.0 Å². The van der Waals surface area contributed by atoms with E-state index in [2.05, 4.69) is 10.3 Å². The van der Waals surface area contributed by atoms with E-state index in [1.54, 1.807) is 0 Å². The summed E-state index contributed by atoms with van der Waals surface area (Å²) in [7, 11) is 0. The molecule has 4 nitrogen and oxygen atoms in total. The van der Waals surface area contributed by atoms with Crippen LogP contribution in [0.3, 0.4) is 0 Å². The van der Waals surface area contributed by atoms with E-state index in [-0.39, 0.29) is 18.0 Å². The molecule has 0 unspecified atom stereocenters. The third-order valence-electron chi connectivity index (χ3n) is 3.70. The molecule has 0 bridgehead atoms. The van der Waals surface area contributed by atoms with Gasteiger partial charge in [0, 0.05) is 12.0 Å². The molecule has 0 aliphatic heterocycles. The lowest BCUT2D eigenvalue weighted by atomic mass is 9.80. The van der Waals surface area contributed by atoms with Crippen LogP contribution in [0.15, 0.2) is 18.3 Å². The molecule has 1 saturated carbocycles. The summed E-state index contributed by atoms with van der Waals surface area (Å²) in [5, 5.41) is 2.54. The lowest BCUT2D eigenvalue weighted by Crippen LogP contribution is -2.44. The Morgan fingerprint density at radius 3 is 2.48 bits per heavy atom. The summed E-state index contributed by atoms with van der Waals surface area (Å²) in [4.78, 5) is 15.2. The number of anilines is 1. The molecule has 0 saturated heterocycles. The maximum absolute atomic E-state index is 12.4. The van der Waals surface area contributed by atoms with Gasteiger partial charge in [0.2, 0.25) is 5.91 Å². The van der Waals surface area contributed by atoms with Crippen LogP contribution in [0.25, 0.3) is 0 Å². The zero-order valence-electron chi connectivity index (χ0n) is 11.5. The molecule has 3 N–H and O–H groups in total. The molecule has 7 heteroatoms. The first-order chi connectivity index (χ1) is 9.78. The number of pyridine rings is 1. The molecule has 116 valence electrons. The second-order valence-corrected chi connectivity index (χ2v) is 5.58. The zero-order valence-corrected chi connectivity index (χ0v) is 11.5. The lowest BCUT2D eigenvalue weighted by Gasteiger charge is -2.32. The summed E-state index contributed by atoms with van der Waals surface area (Å²) >= 11 is 0. The first-order valence-electron chi connectivity index (χ1n) is 6.91. The minimum Gasteiger partial charge on any atom is -0.325 e. The van der Waals surface area contributed by atoms with Crippen LogP contribution >= 0.6 is 0 Å². The van der Waals surface area contributed by atoms with Crippen molar-refractivity contribution in [3.63, 3.8) is 0 Å². The van der Waals surface area contributed by atoms with Gasteiger partial charge in [-0.1, -0.05) is 19.3 Å². The van der Waals surface area contributed by atoms with Crippen molar-refractivity contribution in [2.45, 2.75) is 50.2 Å². The fourth-order valence-corrected chi connectivity index (χ4v) is 2.59. The third-order valence-corrected chi connectivity index (χ3v) is 3.70. The van der Waals surface area contributed by atoms with E-state index >= 15 is 0 Å². The van der Waals surface area contributed by atoms with Crippen LogP contribution in [0, 0.1) is 0 Å². The van der Waals surface area contributed by atoms with E-state index in [1.807, 2.05) is 0 Å². The van der Waals surface area contributed by atoms with Gasteiger partial charge in [0.25, 0.3) is 0 Å². The Bertz CT molecular complexity index is 493. The molecule has 0 aromatic carbocycles. The van der Waals surface area contributed by atoms with E-state index in [0.717, 1.165) is 44.4 Å². The van der Waals surface area contributed by atoms with E-state index in [0.29, 0.717) is 0 Å². The average Bonchev–Trinajstić information content (AvgIpc) is 2.38. The van der Waals surface area contributed by atoms with E-state index in [4.69, 9.17) is 5.73 Å². The zero-order chi connectivity index (χ0) is 15.5. The molecule has 0 radical (unpaired) electrons. The number of halogens is 3. The molecular formula is C14H18F3N3O. The Morgan fingerprint density at radius 2 is 1.95 bits per heavy atom. The number of alkyl halides is 3. The molecule has 2 rings (SSSR count). The lowest BCUT2D eigenvalue weighted by molar-refractivity contribution is -0.141. The molecule has 21 heavy (non-hydrogen) atoms. The van der Waals surface area contributed by atoms with E-state index in [1.165, 1.54) is 6.07 Å². The maximum atomic E-state index is 12.4. The summed E-state index contributed by atoms with van der Waals surface area (Å²) in [5.74, 6) is -0.291. The van der Waals surface area contributed by atoms with Crippen molar-refractivity contribution in [1.29, 1.82) is 0 Å². The van der Waals surface area contributed by atoms with Crippen molar-refractivity contribution in [2.75, 3.05) is 5.32 Å². The normalized spacial score (nSPS) is 18.3. The van der Waals surface area contributed by atoms with Crippen LogP contribution < -0.4 is 11.1 Å². The van der Waals surface area contributed by atoms with Gasteiger partial charge in [0.1, 0.15) is 5.69 Å². The van der Waals surface area contributed by atoms with E-state index in [9.17, 15) is 18.0 Å². The molecule has 0 atom stereocenters. The highest BCUT2D eigenvalue weighted by molar-refractivity contribution is 5.91. The Hall–Kier alpha value is -1.63. The summed E-state index contributed by atoms with van der Waals surface area (Å²) in [6, 6.07) is 2.03. The second kappa shape index (κ2) is 6.01. The molecular weight excluding hydrogens is 283 g/mol. The van der Waals surface area contributed by atoms with Gasteiger partial charge in [-0.3, -0.25) is 4.79 Å². The van der Waals surface area contributed by atoms with Crippen LogP contribution in [-0.2, 0) is 11.0 Å². The number of nitrogens with two attached hydrogens (primary N) is 1. The highest BCUT2D eigenvalue weighted by atomic mass is 19.4. The Balaban J connectivity index is 1.93. The number of nitrogens with one attached hydrogen (secondary N) is 1. The molecule has 0 spiro atoms. The Kier molecular flexibility index (Phi) is 4.51. The predicted octanol–water partition coefficient (Wildman–Crippen LogP) is 3.09. The monoisotopic (exact) mass is 301 g/mol. The Labute approximate surface area is 120 Å². The van der Waals surface area contributed by atoms with Crippen molar-refractivity contribution < 1.29 is 18.0 Å². The van der Waals surface area contributed by atoms with Gasteiger partial charge in [-0.2, -0.15) is 13.2 Å².